The molecule has 0 saturated heterocycles. The van der Waals surface area contributed by atoms with Crippen LogP contribution in [0.3, 0.4) is 0 Å². The van der Waals surface area contributed by atoms with Gasteiger partial charge in [0.25, 0.3) is 0 Å². The van der Waals surface area contributed by atoms with Crippen molar-refractivity contribution in [2.24, 2.45) is 0 Å². The van der Waals surface area contributed by atoms with Crippen LogP contribution >= 0.6 is 0 Å². The van der Waals surface area contributed by atoms with Gasteiger partial charge in [-0.05, 0) is 65.7 Å². The van der Waals surface area contributed by atoms with E-state index in [9.17, 15) is 4.79 Å². The number of hydrogen-bond acceptors (Lipinski definition) is 1. The molecule has 0 bridgehead atoms. The summed E-state index contributed by atoms with van der Waals surface area (Å²) in [6, 6.07) is 6.82. The van der Waals surface area contributed by atoms with Gasteiger partial charge in [0, 0.05) is 5.57 Å². The molecule has 1 aromatic rings. The van der Waals surface area contributed by atoms with Crippen LogP contribution in [0.4, 0.5) is 0 Å². The predicted molar refractivity (Wildman–Crippen MR) is 131 cm³/mol. The first kappa shape index (κ1) is 22.8. The molecule has 2 aliphatic rings. The Morgan fingerprint density at radius 1 is 0.633 bits per heavy atom. The number of unbranched alkanes of at least 4 members (excludes halogenated alkanes) is 10. The number of fused-ring (bicyclic) bond motifs is 3. The topological polar surface area (TPSA) is 17.1 Å². The van der Waals surface area contributed by atoms with Crippen molar-refractivity contribution in [3.8, 4) is 0 Å². The SMILES string of the molecule is CCCCCCCCC1=CC(=O)C2=Cc3ccc(CCCCCCCC)cc3C2=C1. The molecule has 0 heterocycles. The number of allylic oxidation sites excluding steroid dienone is 5. The maximum atomic E-state index is 12.7. The standard InChI is InChI=1S/C29H40O/c1-3-5-7-9-11-13-15-23-17-18-25-22-28-27(26(25)19-23)20-24(21-29(28)30)16-14-12-10-8-6-4-2/h17-22H,3-16H2,1-2H3. The highest BCUT2D eigenvalue weighted by Crippen LogP contribution is 2.40. The van der Waals surface area contributed by atoms with E-state index in [0.717, 1.165) is 18.4 Å². The molecular formula is C29H40O. The molecule has 0 radical (unpaired) electrons. The molecule has 0 fully saturated rings. The maximum absolute atomic E-state index is 12.7. The number of rotatable bonds is 14. The molecule has 1 nitrogen and oxygen atoms in total. The van der Waals surface area contributed by atoms with Crippen LogP contribution in [0.2, 0.25) is 0 Å². The van der Waals surface area contributed by atoms with Crippen molar-refractivity contribution in [1.29, 1.82) is 0 Å². The molecule has 0 N–H and O–H groups in total. The fourth-order valence-corrected chi connectivity index (χ4v) is 4.69. The van der Waals surface area contributed by atoms with Crippen molar-refractivity contribution in [3.63, 3.8) is 0 Å². The highest BCUT2D eigenvalue weighted by molar-refractivity contribution is 6.24. The molecule has 1 heteroatoms. The number of carbonyl (C=O) groups excluding carboxylic acids is 1. The van der Waals surface area contributed by atoms with Crippen LogP contribution in [0.25, 0.3) is 11.6 Å². The predicted octanol–water partition coefficient (Wildman–Crippen LogP) is 8.63. The fraction of sp³-hybridized carbons (Fsp3) is 0.552. The number of hydrogen-bond donors (Lipinski definition) is 0. The lowest BCUT2D eigenvalue weighted by Crippen LogP contribution is -2.05. The minimum Gasteiger partial charge on any atom is -0.289 e. The van der Waals surface area contributed by atoms with E-state index in [0.29, 0.717) is 0 Å². The third-order valence-electron chi connectivity index (χ3n) is 6.55. The summed E-state index contributed by atoms with van der Waals surface area (Å²) in [5, 5.41) is 0. The number of carbonyl (C=O) groups is 1. The molecule has 0 spiro atoms. The number of ketones is 1. The van der Waals surface area contributed by atoms with Crippen molar-refractivity contribution in [1.82, 2.24) is 0 Å². The second kappa shape index (κ2) is 12.1. The molecule has 0 amide bonds. The molecule has 2 aliphatic carbocycles. The second-order valence-electron chi connectivity index (χ2n) is 9.16. The Morgan fingerprint density at radius 3 is 1.97 bits per heavy atom. The molecule has 0 aliphatic heterocycles. The Kier molecular flexibility index (Phi) is 9.18. The monoisotopic (exact) mass is 404 g/mol. The van der Waals surface area contributed by atoms with Gasteiger partial charge >= 0.3 is 0 Å². The van der Waals surface area contributed by atoms with Crippen LogP contribution in [-0.2, 0) is 11.2 Å². The minimum atomic E-state index is 0.196. The lowest BCUT2D eigenvalue weighted by Gasteiger charge is -2.14. The van der Waals surface area contributed by atoms with Gasteiger partial charge in [0.15, 0.2) is 5.78 Å². The third-order valence-corrected chi connectivity index (χ3v) is 6.55. The summed E-state index contributed by atoms with van der Waals surface area (Å²) in [4.78, 5) is 12.7. The summed E-state index contributed by atoms with van der Waals surface area (Å²) in [7, 11) is 0. The maximum Gasteiger partial charge on any atom is 0.186 e. The Balaban J connectivity index is 1.57. The quantitative estimate of drug-likeness (QED) is 0.284. The summed E-state index contributed by atoms with van der Waals surface area (Å²) in [5.74, 6) is 0.196. The molecule has 0 saturated carbocycles. The van der Waals surface area contributed by atoms with E-state index in [-0.39, 0.29) is 5.78 Å². The van der Waals surface area contributed by atoms with E-state index in [1.165, 1.54) is 105 Å². The highest BCUT2D eigenvalue weighted by Gasteiger charge is 2.26. The molecule has 1 aromatic carbocycles. The summed E-state index contributed by atoms with van der Waals surface area (Å²) in [5.41, 5.74) is 7.19. The first-order valence-corrected chi connectivity index (χ1v) is 12.5. The summed E-state index contributed by atoms with van der Waals surface area (Å²) in [6.07, 6.45) is 24.2. The van der Waals surface area contributed by atoms with Crippen LogP contribution in [0.15, 0.2) is 41.5 Å². The van der Waals surface area contributed by atoms with Crippen molar-refractivity contribution in [2.75, 3.05) is 0 Å². The first-order valence-electron chi connectivity index (χ1n) is 12.5. The van der Waals surface area contributed by atoms with Gasteiger partial charge in [-0.15, -0.1) is 0 Å². The van der Waals surface area contributed by atoms with E-state index in [1.807, 2.05) is 6.08 Å². The molecule has 162 valence electrons. The van der Waals surface area contributed by atoms with Gasteiger partial charge in [-0.1, -0.05) is 102 Å². The van der Waals surface area contributed by atoms with Gasteiger partial charge in [-0.2, -0.15) is 0 Å². The van der Waals surface area contributed by atoms with Gasteiger partial charge < -0.3 is 0 Å². The smallest absolute Gasteiger partial charge is 0.186 e. The summed E-state index contributed by atoms with van der Waals surface area (Å²) < 4.78 is 0. The molecule has 0 aromatic heterocycles. The number of benzene rings is 1. The fourth-order valence-electron chi connectivity index (χ4n) is 4.69. The minimum absolute atomic E-state index is 0.196. The van der Waals surface area contributed by atoms with Crippen molar-refractivity contribution < 1.29 is 4.79 Å². The number of aryl methyl sites for hydroxylation is 1. The van der Waals surface area contributed by atoms with Gasteiger partial charge in [-0.3, -0.25) is 4.79 Å². The van der Waals surface area contributed by atoms with Crippen LogP contribution in [0.5, 0.6) is 0 Å². The average molecular weight is 405 g/mol. The molecule has 3 rings (SSSR count). The van der Waals surface area contributed by atoms with Crippen molar-refractivity contribution in [3.05, 3.63) is 58.2 Å². The average Bonchev–Trinajstić information content (AvgIpc) is 3.12. The largest absolute Gasteiger partial charge is 0.289 e. The molecule has 0 unspecified atom stereocenters. The van der Waals surface area contributed by atoms with E-state index < -0.39 is 0 Å². The van der Waals surface area contributed by atoms with Crippen molar-refractivity contribution in [2.45, 2.75) is 104 Å². The zero-order chi connectivity index (χ0) is 21.2. The second-order valence-corrected chi connectivity index (χ2v) is 9.16. The summed E-state index contributed by atoms with van der Waals surface area (Å²) >= 11 is 0. The van der Waals surface area contributed by atoms with E-state index in [2.05, 4.69) is 44.2 Å². The Morgan fingerprint density at radius 2 is 1.27 bits per heavy atom. The lowest BCUT2D eigenvalue weighted by atomic mass is 9.89. The van der Waals surface area contributed by atoms with Gasteiger partial charge in [0.05, 0.1) is 0 Å². The Hall–Kier alpha value is -1.89. The summed E-state index contributed by atoms with van der Waals surface area (Å²) in [6.45, 7) is 4.53. The van der Waals surface area contributed by atoms with Crippen LogP contribution in [0.1, 0.15) is 114 Å². The normalized spacial score (nSPS) is 14.9. The zero-order valence-electron chi connectivity index (χ0n) is 19.3. The molecule has 0 atom stereocenters. The van der Waals surface area contributed by atoms with Crippen LogP contribution < -0.4 is 0 Å². The van der Waals surface area contributed by atoms with Crippen LogP contribution in [-0.4, -0.2) is 5.78 Å². The molecule has 30 heavy (non-hydrogen) atoms. The van der Waals surface area contributed by atoms with E-state index in [1.54, 1.807) is 0 Å². The molecular weight excluding hydrogens is 364 g/mol. The van der Waals surface area contributed by atoms with Gasteiger partial charge in [0.1, 0.15) is 0 Å². The van der Waals surface area contributed by atoms with Gasteiger partial charge in [-0.25, -0.2) is 0 Å². The zero-order valence-corrected chi connectivity index (χ0v) is 19.3. The Labute approximate surface area is 184 Å². The van der Waals surface area contributed by atoms with Gasteiger partial charge in [0.2, 0.25) is 0 Å². The highest BCUT2D eigenvalue weighted by atomic mass is 16.1. The van der Waals surface area contributed by atoms with Crippen LogP contribution in [0, 0.1) is 0 Å². The third kappa shape index (κ3) is 6.30. The Bertz CT molecular complexity index is 806. The van der Waals surface area contributed by atoms with E-state index >= 15 is 0 Å². The van der Waals surface area contributed by atoms with E-state index in [4.69, 9.17) is 0 Å². The van der Waals surface area contributed by atoms with Crippen molar-refractivity contribution >= 4 is 17.4 Å². The first-order chi connectivity index (χ1) is 14.7. The lowest BCUT2D eigenvalue weighted by molar-refractivity contribution is -0.111.